The first-order valence-corrected chi connectivity index (χ1v) is 7.06. The van der Waals surface area contributed by atoms with Gasteiger partial charge < -0.3 is 10.3 Å². The normalized spacial score (nSPS) is 19.2. The number of hydrogen-bond donors (Lipinski definition) is 1. The van der Waals surface area contributed by atoms with Crippen molar-refractivity contribution in [2.75, 3.05) is 13.1 Å². The van der Waals surface area contributed by atoms with Gasteiger partial charge in [-0.15, -0.1) is 0 Å². The van der Waals surface area contributed by atoms with Gasteiger partial charge >= 0.3 is 5.69 Å². The molecule has 8 nitrogen and oxygen atoms in total. The van der Waals surface area contributed by atoms with E-state index in [1.165, 1.54) is 14.1 Å². The van der Waals surface area contributed by atoms with Crippen LogP contribution in [0.15, 0.2) is 20.7 Å². The van der Waals surface area contributed by atoms with Gasteiger partial charge in [-0.25, -0.2) is 13.2 Å². The molecule has 0 amide bonds. The quantitative estimate of drug-likeness (QED) is 0.665. The molecule has 9 heteroatoms. The molecule has 1 aliphatic rings. The summed E-state index contributed by atoms with van der Waals surface area (Å²) in [5, 5.41) is 0. The lowest BCUT2D eigenvalue weighted by molar-refractivity contribution is 0.176. The first-order valence-electron chi connectivity index (χ1n) is 5.62. The van der Waals surface area contributed by atoms with E-state index in [1.807, 2.05) is 0 Å². The Balaban J connectivity index is 2.55. The van der Waals surface area contributed by atoms with Crippen LogP contribution in [-0.2, 0) is 24.1 Å². The number of aryl methyl sites for hydroxylation is 1. The summed E-state index contributed by atoms with van der Waals surface area (Å²) in [7, 11) is -1.27. The van der Waals surface area contributed by atoms with Crippen molar-refractivity contribution in [2.24, 2.45) is 19.8 Å². The third kappa shape index (κ3) is 2.13. The summed E-state index contributed by atoms with van der Waals surface area (Å²) in [6.07, 6.45) is 1.05. The van der Waals surface area contributed by atoms with Crippen LogP contribution in [0.5, 0.6) is 0 Å². The summed E-state index contributed by atoms with van der Waals surface area (Å²) in [4.78, 5) is 23.0. The van der Waals surface area contributed by atoms with Crippen LogP contribution in [-0.4, -0.2) is 40.5 Å². The molecule has 0 atom stereocenters. The minimum atomic E-state index is -3.91. The molecule has 0 radical (unpaired) electrons. The predicted octanol–water partition coefficient (Wildman–Crippen LogP) is -2.19. The molecule has 1 aliphatic heterocycles. The molecule has 1 aromatic heterocycles. The molecule has 0 aliphatic carbocycles. The molecule has 2 N–H and O–H groups in total. The summed E-state index contributed by atoms with van der Waals surface area (Å²) in [5.74, 6) is 0. The smallest absolute Gasteiger partial charge is 0.323 e. The van der Waals surface area contributed by atoms with E-state index in [0.717, 1.165) is 19.6 Å². The molecule has 0 aromatic carbocycles. The highest BCUT2D eigenvalue weighted by Gasteiger charge is 2.43. The van der Waals surface area contributed by atoms with E-state index in [1.54, 1.807) is 6.92 Å². The number of aromatic nitrogens is 2. The molecule has 106 valence electrons. The molecule has 0 spiro atoms. The van der Waals surface area contributed by atoms with Gasteiger partial charge in [-0.1, -0.05) is 0 Å². The van der Waals surface area contributed by atoms with Gasteiger partial charge in [0.05, 0.1) is 0 Å². The van der Waals surface area contributed by atoms with Crippen LogP contribution < -0.4 is 17.0 Å². The number of sulfonamides is 1. The zero-order valence-electron chi connectivity index (χ0n) is 11.0. The van der Waals surface area contributed by atoms with Crippen molar-refractivity contribution in [3.05, 3.63) is 27.0 Å². The fraction of sp³-hybridized carbons (Fsp3) is 0.600. The third-order valence-corrected chi connectivity index (χ3v) is 4.88. The van der Waals surface area contributed by atoms with Crippen molar-refractivity contribution in [3.63, 3.8) is 0 Å². The summed E-state index contributed by atoms with van der Waals surface area (Å²) >= 11 is 0. The lowest BCUT2D eigenvalue weighted by Crippen LogP contribution is -2.67. The Morgan fingerprint density at radius 3 is 2.26 bits per heavy atom. The Bertz CT molecular complexity index is 736. The zero-order valence-corrected chi connectivity index (χ0v) is 11.8. The van der Waals surface area contributed by atoms with Gasteiger partial charge in [0.2, 0.25) is 10.0 Å². The van der Waals surface area contributed by atoms with E-state index in [2.05, 4.69) is 0 Å². The number of nitrogens with zero attached hydrogens (tertiary/aromatic N) is 3. The summed E-state index contributed by atoms with van der Waals surface area (Å²) < 4.78 is 27.5. The van der Waals surface area contributed by atoms with Crippen LogP contribution in [0.2, 0.25) is 0 Å². The van der Waals surface area contributed by atoms with Crippen LogP contribution in [0.1, 0.15) is 6.92 Å². The van der Waals surface area contributed by atoms with Crippen LogP contribution in [0, 0.1) is 0 Å². The fourth-order valence-electron chi connectivity index (χ4n) is 2.02. The monoisotopic (exact) mass is 288 g/mol. The molecule has 1 saturated heterocycles. The first-order chi connectivity index (χ1) is 8.56. The SMILES string of the molecule is Cn1cc(S(=O)(=O)N2CC(C)(N)C2)c(=O)n(C)c1=O. The van der Waals surface area contributed by atoms with E-state index >= 15 is 0 Å². The topological polar surface area (TPSA) is 107 Å². The van der Waals surface area contributed by atoms with E-state index < -0.39 is 31.7 Å². The Hall–Kier alpha value is -1.45. The molecule has 2 heterocycles. The van der Waals surface area contributed by atoms with E-state index in [-0.39, 0.29) is 13.1 Å². The summed E-state index contributed by atoms with van der Waals surface area (Å²) in [6.45, 7) is 2.04. The van der Waals surface area contributed by atoms with Crippen molar-refractivity contribution in [3.8, 4) is 0 Å². The number of nitrogens with two attached hydrogens (primary N) is 1. The van der Waals surface area contributed by atoms with Gasteiger partial charge in [0.1, 0.15) is 0 Å². The van der Waals surface area contributed by atoms with Crippen LogP contribution >= 0.6 is 0 Å². The lowest BCUT2D eigenvalue weighted by atomic mass is 9.97. The molecule has 0 saturated carbocycles. The Morgan fingerprint density at radius 1 is 1.26 bits per heavy atom. The van der Waals surface area contributed by atoms with Crippen molar-refractivity contribution in [2.45, 2.75) is 17.4 Å². The molecule has 0 bridgehead atoms. The van der Waals surface area contributed by atoms with Gasteiger partial charge in [-0.3, -0.25) is 9.36 Å². The van der Waals surface area contributed by atoms with Gasteiger partial charge in [0.25, 0.3) is 5.56 Å². The zero-order chi connectivity index (χ0) is 14.6. The minimum absolute atomic E-state index is 0.154. The number of hydrogen-bond acceptors (Lipinski definition) is 5. The Morgan fingerprint density at radius 2 is 1.79 bits per heavy atom. The minimum Gasteiger partial charge on any atom is -0.323 e. The average molecular weight is 288 g/mol. The van der Waals surface area contributed by atoms with Gasteiger partial charge in [0.15, 0.2) is 4.90 Å². The fourth-order valence-corrected chi connectivity index (χ4v) is 3.88. The van der Waals surface area contributed by atoms with Crippen molar-refractivity contribution in [1.82, 2.24) is 13.4 Å². The summed E-state index contributed by atoms with van der Waals surface area (Å²) in [6, 6.07) is 0. The van der Waals surface area contributed by atoms with Crippen LogP contribution in [0.25, 0.3) is 0 Å². The maximum atomic E-state index is 12.3. The molecule has 2 rings (SSSR count). The molecule has 19 heavy (non-hydrogen) atoms. The van der Waals surface area contributed by atoms with Crippen LogP contribution in [0.3, 0.4) is 0 Å². The highest BCUT2D eigenvalue weighted by atomic mass is 32.2. The molecular formula is C10H16N4O4S. The van der Waals surface area contributed by atoms with E-state index in [0.29, 0.717) is 0 Å². The number of rotatable bonds is 2. The van der Waals surface area contributed by atoms with E-state index in [9.17, 15) is 18.0 Å². The van der Waals surface area contributed by atoms with Crippen molar-refractivity contribution in [1.29, 1.82) is 0 Å². The Labute approximate surface area is 110 Å². The van der Waals surface area contributed by atoms with Gasteiger partial charge in [-0.2, -0.15) is 4.31 Å². The molecule has 0 unspecified atom stereocenters. The molecular weight excluding hydrogens is 272 g/mol. The average Bonchev–Trinajstić information content (AvgIpc) is 2.27. The largest absolute Gasteiger partial charge is 0.330 e. The lowest BCUT2D eigenvalue weighted by Gasteiger charge is -2.43. The Kier molecular flexibility index (Phi) is 2.96. The first kappa shape index (κ1) is 14.0. The van der Waals surface area contributed by atoms with Gasteiger partial charge in [-0.05, 0) is 6.92 Å². The summed E-state index contributed by atoms with van der Waals surface area (Å²) in [5.41, 5.74) is 3.80. The second-order valence-electron chi connectivity index (χ2n) is 5.18. The second kappa shape index (κ2) is 4.02. The van der Waals surface area contributed by atoms with Crippen LogP contribution in [0.4, 0.5) is 0 Å². The van der Waals surface area contributed by atoms with Crippen molar-refractivity contribution < 1.29 is 8.42 Å². The van der Waals surface area contributed by atoms with Crippen molar-refractivity contribution >= 4 is 10.0 Å². The predicted molar refractivity (Wildman–Crippen MR) is 68.3 cm³/mol. The standard InChI is InChI=1S/C10H16N4O4S/c1-10(11)5-14(6-10)19(17,18)7-4-12(2)9(16)13(3)8(7)15/h4H,5-6,11H2,1-3H3. The molecule has 1 fully saturated rings. The highest BCUT2D eigenvalue weighted by molar-refractivity contribution is 7.89. The van der Waals surface area contributed by atoms with Gasteiger partial charge in [0, 0.05) is 38.9 Å². The molecule has 1 aromatic rings. The maximum absolute atomic E-state index is 12.3. The third-order valence-electron chi connectivity index (χ3n) is 3.11. The van der Waals surface area contributed by atoms with E-state index in [4.69, 9.17) is 5.73 Å². The second-order valence-corrected chi connectivity index (χ2v) is 7.08. The highest BCUT2D eigenvalue weighted by Crippen LogP contribution is 2.24. The maximum Gasteiger partial charge on any atom is 0.330 e.